The Balaban J connectivity index is 1.86. The molecule has 2 aromatic rings. The van der Waals surface area contributed by atoms with E-state index >= 15 is 0 Å². The number of rotatable bonds is 17. The third-order valence-electron chi connectivity index (χ3n) is 4.91. The SMILES string of the molecule is N[C@@H](CCC(=O)N[C@@H](CSCNc1ccc(N=Nc2ccc(OS(=O)(=O)O)cc2)cc1)C(=O)NCC(=O)O)C(=O)O. The molecule has 0 bridgehead atoms. The number of carbonyl (C=O) groups excluding carboxylic acids is 2. The van der Waals surface area contributed by atoms with Gasteiger partial charge in [0.15, 0.2) is 0 Å². The molecule has 2 amide bonds. The van der Waals surface area contributed by atoms with Crippen LogP contribution in [0.4, 0.5) is 17.1 Å². The first-order chi connectivity index (χ1) is 19.3. The average Bonchev–Trinajstić information content (AvgIpc) is 2.91. The van der Waals surface area contributed by atoms with Gasteiger partial charge in [0.2, 0.25) is 11.8 Å². The fourth-order valence-electron chi connectivity index (χ4n) is 2.91. The summed E-state index contributed by atoms with van der Waals surface area (Å²) in [7, 11) is -4.62. The fourth-order valence-corrected chi connectivity index (χ4v) is 4.12. The van der Waals surface area contributed by atoms with E-state index < -0.39 is 52.8 Å². The summed E-state index contributed by atoms with van der Waals surface area (Å²) < 4.78 is 34.4. The van der Waals surface area contributed by atoms with Crippen LogP contribution in [-0.2, 0) is 29.6 Å². The van der Waals surface area contributed by atoms with Gasteiger partial charge < -0.3 is 36.1 Å². The normalized spacial score (nSPS) is 12.7. The Labute approximate surface area is 238 Å². The maximum Gasteiger partial charge on any atom is 0.446 e. The second-order valence-electron chi connectivity index (χ2n) is 8.16. The molecule has 0 aliphatic rings. The van der Waals surface area contributed by atoms with Crippen LogP contribution in [0.2, 0.25) is 0 Å². The maximum absolute atomic E-state index is 12.4. The molecule has 222 valence electrons. The summed E-state index contributed by atoms with van der Waals surface area (Å²) in [6.07, 6.45) is -0.357. The minimum atomic E-state index is -4.62. The third-order valence-corrected chi connectivity index (χ3v) is 6.24. The molecule has 2 rings (SSSR count). The highest BCUT2D eigenvalue weighted by Crippen LogP contribution is 2.23. The van der Waals surface area contributed by atoms with Gasteiger partial charge in [-0.2, -0.15) is 18.6 Å². The molecule has 2 atom stereocenters. The fraction of sp³-hybridized carbons (Fsp3) is 0.304. The van der Waals surface area contributed by atoms with Gasteiger partial charge >= 0.3 is 22.3 Å². The lowest BCUT2D eigenvalue weighted by Gasteiger charge is -2.18. The molecule has 0 fully saturated rings. The van der Waals surface area contributed by atoms with E-state index in [-0.39, 0.29) is 24.3 Å². The zero-order chi connectivity index (χ0) is 30.4. The number of carboxylic acid groups (broad SMARTS) is 2. The number of nitrogens with one attached hydrogen (secondary N) is 3. The number of nitrogens with zero attached hydrogens (tertiary/aromatic N) is 2. The number of carboxylic acids is 2. The van der Waals surface area contributed by atoms with Crippen LogP contribution in [0.15, 0.2) is 58.8 Å². The predicted octanol–water partition coefficient (Wildman–Crippen LogP) is 1.26. The van der Waals surface area contributed by atoms with Crippen molar-refractivity contribution in [2.75, 3.05) is 23.5 Å². The van der Waals surface area contributed by atoms with E-state index in [0.717, 1.165) is 0 Å². The Kier molecular flexibility index (Phi) is 12.9. The van der Waals surface area contributed by atoms with Gasteiger partial charge in [0.1, 0.15) is 24.4 Å². The molecule has 0 unspecified atom stereocenters. The summed E-state index contributed by atoms with van der Waals surface area (Å²) in [5.41, 5.74) is 7.02. The van der Waals surface area contributed by atoms with E-state index in [1.54, 1.807) is 24.3 Å². The molecule has 18 heteroatoms. The zero-order valence-corrected chi connectivity index (χ0v) is 22.9. The highest BCUT2D eigenvalue weighted by Gasteiger charge is 2.22. The van der Waals surface area contributed by atoms with Crippen molar-refractivity contribution < 1.29 is 46.5 Å². The number of thioether (sulfide) groups is 1. The minimum absolute atomic E-state index is 0.0881. The van der Waals surface area contributed by atoms with Gasteiger partial charge in [0, 0.05) is 17.9 Å². The molecular weight excluding hydrogens is 584 g/mol. The van der Waals surface area contributed by atoms with Crippen molar-refractivity contribution in [1.29, 1.82) is 0 Å². The van der Waals surface area contributed by atoms with Crippen LogP contribution in [0.1, 0.15) is 12.8 Å². The first-order valence-corrected chi connectivity index (χ1v) is 14.2. The van der Waals surface area contributed by atoms with Crippen LogP contribution in [0.5, 0.6) is 5.75 Å². The first kappa shape index (κ1) is 32.9. The van der Waals surface area contributed by atoms with Crippen molar-refractivity contribution in [3.8, 4) is 5.75 Å². The Morgan fingerprint density at radius 3 is 2.10 bits per heavy atom. The molecule has 0 aliphatic heterocycles. The first-order valence-electron chi connectivity index (χ1n) is 11.7. The van der Waals surface area contributed by atoms with E-state index in [0.29, 0.717) is 22.9 Å². The summed E-state index contributed by atoms with van der Waals surface area (Å²) in [6, 6.07) is 10.00. The van der Waals surface area contributed by atoms with E-state index in [4.69, 9.17) is 20.5 Å². The van der Waals surface area contributed by atoms with Crippen molar-refractivity contribution in [2.24, 2.45) is 16.0 Å². The number of hydrogen-bond acceptors (Lipinski definition) is 12. The molecule has 0 aromatic heterocycles. The number of carbonyl (C=O) groups is 4. The van der Waals surface area contributed by atoms with Crippen LogP contribution >= 0.6 is 11.8 Å². The minimum Gasteiger partial charge on any atom is -0.480 e. The third kappa shape index (κ3) is 13.6. The van der Waals surface area contributed by atoms with E-state index in [2.05, 4.69) is 30.4 Å². The van der Waals surface area contributed by atoms with Gasteiger partial charge in [-0.05, 0) is 55.0 Å². The molecule has 41 heavy (non-hydrogen) atoms. The Bertz CT molecular complexity index is 1340. The van der Waals surface area contributed by atoms with E-state index in [9.17, 15) is 27.6 Å². The molecule has 2 aromatic carbocycles. The van der Waals surface area contributed by atoms with Crippen LogP contribution in [0.25, 0.3) is 0 Å². The molecule has 0 radical (unpaired) electrons. The van der Waals surface area contributed by atoms with Crippen molar-refractivity contribution >= 4 is 63.0 Å². The average molecular weight is 613 g/mol. The summed E-state index contributed by atoms with van der Waals surface area (Å²) in [6.45, 7) is -0.630. The second-order valence-corrected chi connectivity index (χ2v) is 10.2. The van der Waals surface area contributed by atoms with Gasteiger partial charge in [-0.1, -0.05) is 0 Å². The highest BCUT2D eigenvalue weighted by molar-refractivity contribution is 7.99. The number of azo groups is 1. The summed E-state index contributed by atoms with van der Waals surface area (Å²) in [5.74, 6) is -3.49. The van der Waals surface area contributed by atoms with Gasteiger partial charge in [-0.15, -0.1) is 11.8 Å². The molecule has 0 heterocycles. The number of amides is 2. The lowest BCUT2D eigenvalue weighted by atomic mass is 10.1. The molecule has 0 saturated carbocycles. The number of aliphatic carboxylic acids is 2. The van der Waals surface area contributed by atoms with Crippen LogP contribution in [-0.4, -0.2) is 77.2 Å². The number of benzene rings is 2. The van der Waals surface area contributed by atoms with Gasteiger partial charge in [0.25, 0.3) is 0 Å². The monoisotopic (exact) mass is 612 g/mol. The summed E-state index contributed by atoms with van der Waals surface area (Å²) in [4.78, 5) is 46.1. The molecular formula is C23H28N6O10S2. The van der Waals surface area contributed by atoms with Crippen molar-refractivity contribution in [3.63, 3.8) is 0 Å². The number of nitrogens with two attached hydrogens (primary N) is 1. The Morgan fingerprint density at radius 2 is 1.56 bits per heavy atom. The Hall–Kier alpha value is -4.26. The van der Waals surface area contributed by atoms with E-state index in [1.807, 2.05) is 0 Å². The Morgan fingerprint density at radius 1 is 0.976 bits per heavy atom. The second kappa shape index (κ2) is 16.1. The largest absolute Gasteiger partial charge is 0.480 e. The van der Waals surface area contributed by atoms with Gasteiger partial charge in [-0.3, -0.25) is 23.7 Å². The number of anilines is 1. The van der Waals surface area contributed by atoms with Crippen LogP contribution in [0.3, 0.4) is 0 Å². The van der Waals surface area contributed by atoms with Crippen LogP contribution < -0.4 is 25.9 Å². The lowest BCUT2D eigenvalue weighted by molar-refractivity contribution is -0.139. The van der Waals surface area contributed by atoms with Crippen molar-refractivity contribution in [1.82, 2.24) is 10.6 Å². The van der Waals surface area contributed by atoms with Crippen molar-refractivity contribution in [2.45, 2.75) is 24.9 Å². The quantitative estimate of drug-likeness (QED) is 0.0575. The molecule has 16 nitrogen and oxygen atoms in total. The summed E-state index contributed by atoms with van der Waals surface area (Å²) in [5, 5.41) is 33.5. The molecule has 0 spiro atoms. The topological polar surface area (TPSA) is 259 Å². The van der Waals surface area contributed by atoms with Gasteiger partial charge in [-0.25, -0.2) is 0 Å². The standard InChI is InChI=1S/C23H28N6O10S2/c24-18(23(34)35)9-10-20(30)27-19(22(33)25-11-21(31)32)12-40-13-26-14-1-3-15(4-2-14)28-29-16-5-7-17(8-6-16)39-41(36,37)38/h1-8,18-19,26H,9-13,24H2,(H,25,33)(H,27,30)(H,31,32)(H,34,35)(H,36,37,38)/t18-,19-/m0/s1. The lowest BCUT2D eigenvalue weighted by Crippen LogP contribution is -2.49. The van der Waals surface area contributed by atoms with Crippen LogP contribution in [0, 0.1) is 0 Å². The van der Waals surface area contributed by atoms with Gasteiger partial charge in [0.05, 0.1) is 17.3 Å². The summed E-state index contributed by atoms with van der Waals surface area (Å²) >= 11 is 1.25. The number of hydrogen-bond donors (Lipinski definition) is 7. The maximum atomic E-state index is 12.4. The smallest absolute Gasteiger partial charge is 0.446 e. The predicted molar refractivity (Wildman–Crippen MR) is 148 cm³/mol. The molecule has 0 aliphatic carbocycles. The molecule has 8 N–H and O–H groups in total. The zero-order valence-electron chi connectivity index (χ0n) is 21.3. The van der Waals surface area contributed by atoms with Crippen molar-refractivity contribution in [3.05, 3.63) is 48.5 Å². The highest BCUT2D eigenvalue weighted by atomic mass is 32.3. The molecule has 0 saturated heterocycles. The van der Waals surface area contributed by atoms with E-state index in [1.165, 1.54) is 36.0 Å².